The lowest BCUT2D eigenvalue weighted by atomic mass is 9.82. The number of carbonyl (C=O) groups excluding carboxylic acids is 1. The third-order valence-corrected chi connectivity index (χ3v) is 6.34. The second-order valence-electron chi connectivity index (χ2n) is 7.32. The quantitative estimate of drug-likeness (QED) is 0.527. The molecule has 2 heterocycles. The molecular formula is C20H15F6N5OS. The molecule has 1 aliphatic rings. The lowest BCUT2D eigenvalue weighted by molar-refractivity contribution is -0.129. The summed E-state index contributed by atoms with van der Waals surface area (Å²) in [5.74, 6) is -1.74. The van der Waals surface area contributed by atoms with Crippen LogP contribution in [0.2, 0.25) is 0 Å². The van der Waals surface area contributed by atoms with Gasteiger partial charge in [0.25, 0.3) is 5.91 Å². The van der Waals surface area contributed by atoms with E-state index in [1.165, 1.54) is 37.8 Å². The van der Waals surface area contributed by atoms with E-state index in [1.807, 2.05) is 0 Å². The Hall–Kier alpha value is -3.61. The van der Waals surface area contributed by atoms with Gasteiger partial charge in [0.15, 0.2) is 11.5 Å². The summed E-state index contributed by atoms with van der Waals surface area (Å²) in [6.45, 7) is 0. The summed E-state index contributed by atoms with van der Waals surface area (Å²) >= 11 is 0. The van der Waals surface area contributed by atoms with Crippen LogP contribution in [0.4, 0.5) is 23.8 Å². The Labute approximate surface area is 183 Å². The molecule has 0 fully saturated rings. The van der Waals surface area contributed by atoms with Gasteiger partial charge in [-0.2, -0.15) is 0 Å². The third kappa shape index (κ3) is 3.77. The van der Waals surface area contributed by atoms with E-state index in [-0.39, 0.29) is 40.5 Å². The highest BCUT2D eigenvalue weighted by atomic mass is 32.5. The van der Waals surface area contributed by atoms with Crippen LogP contribution in [0.3, 0.4) is 0 Å². The summed E-state index contributed by atoms with van der Waals surface area (Å²) in [6, 6.07) is 5.31. The molecule has 4 rings (SSSR count). The van der Waals surface area contributed by atoms with Crippen molar-refractivity contribution in [1.82, 2.24) is 14.9 Å². The zero-order valence-corrected chi connectivity index (χ0v) is 17.5. The van der Waals surface area contributed by atoms with Gasteiger partial charge in [0.05, 0.1) is 11.9 Å². The van der Waals surface area contributed by atoms with Crippen molar-refractivity contribution < 1.29 is 28.6 Å². The summed E-state index contributed by atoms with van der Waals surface area (Å²) in [5.41, 5.74) is 3.72. The first-order valence-electron chi connectivity index (χ1n) is 9.18. The molecule has 2 aromatic carbocycles. The number of halogens is 6. The smallest absolute Gasteiger partial charge is 0.310 e. The first-order chi connectivity index (χ1) is 15.1. The minimum Gasteiger partial charge on any atom is -0.369 e. The number of carbonyl (C=O) groups is 1. The standard InChI is InChI=1S/C20H15F6N5OS/c1-31-18(32)20(30-19(31)27,12-2-5-14(6-3-12)33(22,23,24,25)26)13-4-7-16(21)15(10-13)17-11-28-8-9-29-17/h2-11H,1H3,(H2,27,30). The predicted molar refractivity (Wildman–Crippen MR) is 110 cm³/mol. The molecule has 0 saturated heterocycles. The normalized spacial score (nSPS) is 20.9. The number of guanidine groups is 1. The van der Waals surface area contributed by atoms with Crippen LogP contribution in [0.25, 0.3) is 11.3 Å². The average Bonchev–Trinajstić information content (AvgIpc) is 2.98. The van der Waals surface area contributed by atoms with Crippen molar-refractivity contribution >= 4 is 22.1 Å². The van der Waals surface area contributed by atoms with Crippen molar-refractivity contribution in [2.75, 3.05) is 7.05 Å². The van der Waals surface area contributed by atoms with Crippen LogP contribution in [0.15, 0.2) is 70.9 Å². The number of aromatic nitrogens is 2. The molecule has 2 N–H and O–H groups in total. The number of aliphatic imine (C=N–C) groups is 1. The number of nitrogens with zero attached hydrogens (tertiary/aromatic N) is 4. The summed E-state index contributed by atoms with van der Waals surface area (Å²) < 4.78 is 80.5. The van der Waals surface area contributed by atoms with E-state index < -0.39 is 32.4 Å². The van der Waals surface area contributed by atoms with Gasteiger partial charge in [0.1, 0.15) is 10.7 Å². The van der Waals surface area contributed by atoms with E-state index >= 15 is 0 Å². The Morgan fingerprint density at radius 2 is 1.61 bits per heavy atom. The van der Waals surface area contributed by atoms with Crippen LogP contribution in [-0.2, 0) is 10.3 Å². The Kier molecular flexibility index (Phi) is 4.42. The van der Waals surface area contributed by atoms with Crippen LogP contribution >= 0.6 is 10.2 Å². The van der Waals surface area contributed by atoms with Gasteiger partial charge in [-0.3, -0.25) is 19.7 Å². The Balaban J connectivity index is 1.95. The Bertz CT molecular complexity index is 1300. The minimum atomic E-state index is -9.94. The highest BCUT2D eigenvalue weighted by Crippen LogP contribution is 3.02. The molecule has 6 nitrogen and oxygen atoms in total. The summed E-state index contributed by atoms with van der Waals surface area (Å²) in [5, 5.41) is 0. The number of hydrogen-bond acceptors (Lipinski definition) is 5. The summed E-state index contributed by atoms with van der Waals surface area (Å²) in [7, 11) is -8.65. The molecular weight excluding hydrogens is 472 g/mol. The van der Waals surface area contributed by atoms with Crippen molar-refractivity contribution in [3.63, 3.8) is 0 Å². The van der Waals surface area contributed by atoms with E-state index in [1.54, 1.807) is 0 Å². The van der Waals surface area contributed by atoms with Gasteiger partial charge >= 0.3 is 10.2 Å². The van der Waals surface area contributed by atoms with Gasteiger partial charge in [-0.1, -0.05) is 37.6 Å². The lowest BCUT2D eigenvalue weighted by Crippen LogP contribution is -2.41. The van der Waals surface area contributed by atoms with Gasteiger partial charge in [0, 0.05) is 25.0 Å². The summed E-state index contributed by atoms with van der Waals surface area (Å²) in [6.07, 6.45) is 3.96. The maximum atomic E-state index is 14.6. The fraction of sp³-hybridized carbons (Fsp3) is 0.100. The second-order valence-corrected chi connectivity index (χ2v) is 9.73. The van der Waals surface area contributed by atoms with Crippen LogP contribution in [0, 0.1) is 5.82 Å². The van der Waals surface area contributed by atoms with Gasteiger partial charge in [-0.15, -0.1) is 0 Å². The molecule has 0 aliphatic carbocycles. The molecule has 0 spiro atoms. The van der Waals surface area contributed by atoms with Crippen LogP contribution in [0.5, 0.6) is 0 Å². The molecule has 33 heavy (non-hydrogen) atoms. The van der Waals surface area contributed by atoms with Gasteiger partial charge in [-0.05, 0) is 35.4 Å². The largest absolute Gasteiger partial charge is 0.369 e. The number of likely N-dealkylation sites (N-methyl/N-ethyl adjacent to an activating group) is 1. The Morgan fingerprint density at radius 3 is 2.12 bits per heavy atom. The molecule has 1 amide bonds. The number of nitrogens with two attached hydrogens (primary N) is 1. The van der Waals surface area contributed by atoms with Crippen molar-refractivity contribution in [1.29, 1.82) is 0 Å². The molecule has 1 aromatic heterocycles. The van der Waals surface area contributed by atoms with Crippen LogP contribution in [-0.4, -0.2) is 33.8 Å². The molecule has 0 saturated carbocycles. The molecule has 13 heteroatoms. The van der Waals surface area contributed by atoms with Gasteiger partial charge in [0.2, 0.25) is 0 Å². The predicted octanol–water partition coefficient (Wildman–Crippen LogP) is 4.97. The fourth-order valence-corrected chi connectivity index (χ4v) is 4.17. The first kappa shape index (κ1) is 22.6. The first-order valence-corrected chi connectivity index (χ1v) is 11.1. The van der Waals surface area contributed by atoms with E-state index in [2.05, 4.69) is 15.0 Å². The van der Waals surface area contributed by atoms with Gasteiger partial charge in [-0.25, -0.2) is 9.38 Å². The molecule has 0 radical (unpaired) electrons. The highest BCUT2D eigenvalue weighted by molar-refractivity contribution is 8.45. The topological polar surface area (TPSA) is 84.5 Å². The molecule has 174 valence electrons. The van der Waals surface area contributed by atoms with Crippen LogP contribution in [0.1, 0.15) is 11.1 Å². The molecule has 3 aromatic rings. The number of amides is 1. The fourth-order valence-electron chi connectivity index (χ4n) is 3.52. The number of hydrogen-bond donors (Lipinski definition) is 1. The second kappa shape index (κ2) is 6.47. The lowest BCUT2D eigenvalue weighted by Gasteiger charge is -2.40. The van der Waals surface area contributed by atoms with Crippen molar-refractivity contribution in [3.8, 4) is 11.3 Å². The summed E-state index contributed by atoms with van der Waals surface area (Å²) in [4.78, 5) is 24.1. The Morgan fingerprint density at radius 1 is 0.970 bits per heavy atom. The molecule has 1 unspecified atom stereocenters. The highest BCUT2D eigenvalue weighted by Gasteiger charge is 2.65. The van der Waals surface area contributed by atoms with Crippen molar-refractivity contribution in [3.05, 3.63) is 78.0 Å². The molecule has 1 aliphatic heterocycles. The molecule has 1 atom stereocenters. The maximum absolute atomic E-state index is 14.6. The zero-order chi connectivity index (χ0) is 24.3. The van der Waals surface area contributed by atoms with E-state index in [9.17, 15) is 28.6 Å². The monoisotopic (exact) mass is 487 g/mol. The van der Waals surface area contributed by atoms with Crippen molar-refractivity contribution in [2.24, 2.45) is 10.7 Å². The number of rotatable bonds is 4. The zero-order valence-electron chi connectivity index (χ0n) is 16.7. The average molecular weight is 487 g/mol. The molecule has 0 bridgehead atoms. The minimum absolute atomic E-state index is 0.0435. The maximum Gasteiger partial charge on any atom is 0.310 e. The number of benzene rings is 2. The van der Waals surface area contributed by atoms with E-state index in [0.29, 0.717) is 0 Å². The van der Waals surface area contributed by atoms with Crippen LogP contribution < -0.4 is 5.73 Å². The SMILES string of the molecule is CN1C(=O)C(c2ccc(S(F)(F)(F)(F)F)cc2)(c2ccc(F)c(-c3cnccn3)c2)N=C1N. The van der Waals surface area contributed by atoms with E-state index in [0.717, 1.165) is 23.1 Å². The van der Waals surface area contributed by atoms with Gasteiger partial charge < -0.3 is 5.73 Å². The van der Waals surface area contributed by atoms with E-state index in [4.69, 9.17) is 5.73 Å². The third-order valence-electron chi connectivity index (χ3n) is 5.18. The van der Waals surface area contributed by atoms with Crippen molar-refractivity contribution in [2.45, 2.75) is 10.4 Å².